The van der Waals surface area contributed by atoms with Gasteiger partial charge in [0.25, 0.3) is 0 Å². The normalized spacial score (nSPS) is 20.6. The van der Waals surface area contributed by atoms with Crippen molar-refractivity contribution < 1.29 is 9.90 Å². The lowest BCUT2D eigenvalue weighted by Gasteiger charge is -2.31. The molecule has 0 aliphatic heterocycles. The van der Waals surface area contributed by atoms with E-state index in [1.165, 1.54) is 0 Å². The van der Waals surface area contributed by atoms with Gasteiger partial charge >= 0.3 is 0 Å². The molecule has 1 aliphatic rings. The lowest BCUT2D eigenvalue weighted by atomic mass is 9.73. The molecule has 0 unspecified atom stereocenters. The highest BCUT2D eigenvalue weighted by Crippen LogP contribution is 2.41. The van der Waals surface area contributed by atoms with Gasteiger partial charge in [-0.3, -0.25) is 4.79 Å². The molecule has 0 bridgehead atoms. The second kappa shape index (κ2) is 5.82. The molecular weight excluding hydrogens is 260 g/mol. The summed E-state index contributed by atoms with van der Waals surface area (Å²) < 4.78 is 0. The average Bonchev–Trinajstić information content (AvgIpc) is 2.78. The van der Waals surface area contributed by atoms with E-state index in [0.717, 1.165) is 11.1 Å². The Morgan fingerprint density at radius 3 is 1.76 bits per heavy atom. The van der Waals surface area contributed by atoms with Gasteiger partial charge in [0.15, 0.2) is 0 Å². The van der Waals surface area contributed by atoms with E-state index in [1.807, 2.05) is 60.7 Å². The number of carbonyl (C=O) groups is 1. The molecule has 0 radical (unpaired) electrons. The Bertz CT molecular complexity index is 562. The molecule has 21 heavy (non-hydrogen) atoms. The fourth-order valence-electron chi connectivity index (χ4n) is 3.39. The van der Waals surface area contributed by atoms with Crippen LogP contribution in [0.3, 0.4) is 0 Å². The van der Waals surface area contributed by atoms with Gasteiger partial charge in [-0.2, -0.15) is 0 Å². The van der Waals surface area contributed by atoms with E-state index in [1.54, 1.807) is 0 Å². The Balaban J connectivity index is 1.94. The van der Waals surface area contributed by atoms with Gasteiger partial charge in [-0.25, -0.2) is 0 Å². The van der Waals surface area contributed by atoms with Gasteiger partial charge in [-0.05, 0) is 30.4 Å². The molecule has 1 fully saturated rings. The average molecular weight is 280 g/mol. The predicted molar refractivity (Wildman–Crippen MR) is 83.0 cm³/mol. The van der Waals surface area contributed by atoms with Crippen LogP contribution in [0.1, 0.15) is 24.0 Å². The Morgan fingerprint density at radius 1 is 0.905 bits per heavy atom. The number of benzene rings is 2. The first-order valence-electron chi connectivity index (χ1n) is 7.50. The molecule has 108 valence electrons. The first-order valence-corrected chi connectivity index (χ1v) is 7.50. The van der Waals surface area contributed by atoms with Crippen molar-refractivity contribution in [3.63, 3.8) is 0 Å². The Morgan fingerprint density at radius 2 is 1.38 bits per heavy atom. The summed E-state index contributed by atoms with van der Waals surface area (Å²) in [5.74, 6) is 0.197. The van der Waals surface area contributed by atoms with Crippen molar-refractivity contribution in [1.82, 2.24) is 0 Å². The van der Waals surface area contributed by atoms with Crippen LogP contribution < -0.4 is 0 Å². The van der Waals surface area contributed by atoms with E-state index < -0.39 is 11.5 Å². The summed E-state index contributed by atoms with van der Waals surface area (Å²) in [5.41, 5.74) is 1.56. The van der Waals surface area contributed by atoms with Crippen LogP contribution in [0.4, 0.5) is 0 Å². The number of aliphatic hydroxyl groups excluding tert-OH is 1. The second-order valence-electron chi connectivity index (χ2n) is 5.96. The van der Waals surface area contributed by atoms with E-state index in [2.05, 4.69) is 0 Å². The van der Waals surface area contributed by atoms with Crippen molar-refractivity contribution in [2.75, 3.05) is 0 Å². The number of aliphatic hydroxyl groups is 1. The summed E-state index contributed by atoms with van der Waals surface area (Å²) in [7, 11) is 0. The molecule has 0 spiro atoms. The summed E-state index contributed by atoms with van der Waals surface area (Å²) in [6, 6.07) is 20.0. The summed E-state index contributed by atoms with van der Waals surface area (Å²) in [6.45, 7) is 0. The summed E-state index contributed by atoms with van der Waals surface area (Å²) in [4.78, 5) is 12.6. The van der Waals surface area contributed by atoms with Crippen LogP contribution >= 0.6 is 0 Å². The van der Waals surface area contributed by atoms with E-state index in [-0.39, 0.29) is 5.78 Å². The highest BCUT2D eigenvalue weighted by atomic mass is 16.3. The predicted octanol–water partition coefficient (Wildman–Crippen LogP) is 3.18. The molecule has 0 saturated heterocycles. The molecule has 1 atom stereocenters. The lowest BCUT2D eigenvalue weighted by Crippen LogP contribution is -2.40. The molecule has 0 aromatic heterocycles. The highest BCUT2D eigenvalue weighted by molar-refractivity contribution is 5.88. The third-order valence-electron chi connectivity index (χ3n) is 4.56. The maximum atomic E-state index is 12.6. The van der Waals surface area contributed by atoms with Crippen molar-refractivity contribution in [3.8, 4) is 0 Å². The third kappa shape index (κ3) is 2.77. The van der Waals surface area contributed by atoms with Gasteiger partial charge in [-0.15, -0.1) is 0 Å². The number of ketones is 1. The van der Waals surface area contributed by atoms with E-state index in [9.17, 15) is 9.90 Å². The van der Waals surface area contributed by atoms with Gasteiger partial charge < -0.3 is 5.11 Å². The van der Waals surface area contributed by atoms with Crippen molar-refractivity contribution >= 4 is 5.78 Å². The molecule has 1 N–H and O–H groups in total. The smallest absolute Gasteiger partial charge is 0.142 e. The zero-order valence-corrected chi connectivity index (χ0v) is 12.0. The second-order valence-corrected chi connectivity index (χ2v) is 5.96. The van der Waals surface area contributed by atoms with Crippen LogP contribution in [-0.4, -0.2) is 17.0 Å². The minimum atomic E-state index is -0.664. The molecular formula is C19H20O2. The number of hydrogen-bond acceptors (Lipinski definition) is 2. The molecule has 2 aromatic rings. The van der Waals surface area contributed by atoms with Crippen molar-refractivity contribution in [2.45, 2.75) is 31.8 Å². The maximum Gasteiger partial charge on any atom is 0.142 e. The zero-order valence-electron chi connectivity index (χ0n) is 12.0. The molecule has 2 nitrogen and oxygen atoms in total. The minimum Gasteiger partial charge on any atom is -0.392 e. The molecule has 1 saturated carbocycles. The Kier molecular flexibility index (Phi) is 3.89. The first-order chi connectivity index (χ1) is 10.2. The van der Waals surface area contributed by atoms with Crippen LogP contribution in [0.5, 0.6) is 0 Å². The largest absolute Gasteiger partial charge is 0.392 e. The van der Waals surface area contributed by atoms with E-state index in [4.69, 9.17) is 0 Å². The minimum absolute atomic E-state index is 0.197. The van der Waals surface area contributed by atoms with Gasteiger partial charge in [0.2, 0.25) is 0 Å². The number of rotatable bonds is 4. The number of hydrogen-bond donors (Lipinski definition) is 1. The van der Waals surface area contributed by atoms with Crippen molar-refractivity contribution in [1.29, 1.82) is 0 Å². The van der Waals surface area contributed by atoms with Crippen LogP contribution in [0.15, 0.2) is 60.7 Å². The third-order valence-corrected chi connectivity index (χ3v) is 4.56. The summed E-state index contributed by atoms with van der Waals surface area (Å²) >= 11 is 0. The molecule has 2 aromatic carbocycles. The number of carbonyl (C=O) groups excluding carboxylic acids is 1. The highest BCUT2D eigenvalue weighted by Gasteiger charge is 2.48. The van der Waals surface area contributed by atoms with Crippen molar-refractivity contribution in [2.24, 2.45) is 5.41 Å². The zero-order chi connectivity index (χ0) is 14.7. The van der Waals surface area contributed by atoms with Crippen LogP contribution in [0.2, 0.25) is 0 Å². The topological polar surface area (TPSA) is 37.3 Å². The molecule has 2 heteroatoms. The van der Waals surface area contributed by atoms with Gasteiger partial charge in [0.05, 0.1) is 11.5 Å². The molecule has 0 heterocycles. The first kappa shape index (κ1) is 14.0. The quantitative estimate of drug-likeness (QED) is 0.934. The SMILES string of the molecule is O=C1CC[C@@H](O)C1(Cc1ccccc1)Cc1ccccc1. The summed E-state index contributed by atoms with van der Waals surface area (Å²) in [6.07, 6.45) is 1.75. The van der Waals surface area contributed by atoms with Gasteiger partial charge in [0, 0.05) is 6.42 Å². The fourth-order valence-corrected chi connectivity index (χ4v) is 3.39. The van der Waals surface area contributed by atoms with E-state index in [0.29, 0.717) is 25.7 Å². The summed E-state index contributed by atoms with van der Waals surface area (Å²) in [5, 5.41) is 10.5. The van der Waals surface area contributed by atoms with Crippen LogP contribution in [0.25, 0.3) is 0 Å². The Hall–Kier alpha value is -1.93. The molecule has 1 aliphatic carbocycles. The Labute approximate surface area is 125 Å². The van der Waals surface area contributed by atoms with Crippen LogP contribution in [0, 0.1) is 5.41 Å². The fraction of sp³-hybridized carbons (Fsp3) is 0.316. The van der Waals surface area contributed by atoms with Crippen LogP contribution in [-0.2, 0) is 17.6 Å². The molecule has 3 rings (SSSR count). The van der Waals surface area contributed by atoms with Crippen molar-refractivity contribution in [3.05, 3.63) is 71.8 Å². The molecule has 0 amide bonds. The maximum absolute atomic E-state index is 12.6. The standard InChI is InChI=1S/C19H20O2/c20-17-11-12-18(21)19(17,13-15-7-3-1-4-8-15)14-16-9-5-2-6-10-16/h1-10,17,20H,11-14H2/t17-/m1/s1. The van der Waals surface area contributed by atoms with Gasteiger partial charge in [0.1, 0.15) is 5.78 Å². The van der Waals surface area contributed by atoms with Gasteiger partial charge in [-0.1, -0.05) is 60.7 Å². The van der Waals surface area contributed by atoms with E-state index >= 15 is 0 Å². The lowest BCUT2D eigenvalue weighted by molar-refractivity contribution is -0.129. The number of Topliss-reactive ketones (excluding diaryl/α,β-unsaturated/α-hetero) is 1. The monoisotopic (exact) mass is 280 g/mol.